The van der Waals surface area contributed by atoms with E-state index < -0.39 is 5.60 Å². The summed E-state index contributed by atoms with van der Waals surface area (Å²) in [7, 11) is 0. The second kappa shape index (κ2) is 11.1. The normalized spacial score (nSPS) is 20.1. The van der Waals surface area contributed by atoms with E-state index in [2.05, 4.69) is 35.9 Å². The van der Waals surface area contributed by atoms with Crippen LogP contribution in [0, 0.1) is 0 Å². The van der Waals surface area contributed by atoms with Gasteiger partial charge in [0, 0.05) is 6.54 Å². The van der Waals surface area contributed by atoms with Crippen molar-refractivity contribution in [3.8, 4) is 0 Å². The van der Waals surface area contributed by atoms with Gasteiger partial charge < -0.3 is 15.3 Å². The van der Waals surface area contributed by atoms with Gasteiger partial charge >= 0.3 is 0 Å². The Morgan fingerprint density at radius 1 is 1.17 bits per heavy atom. The molecule has 4 N–H and O–H groups in total. The Labute approximate surface area is 179 Å². The lowest BCUT2D eigenvalue weighted by molar-refractivity contribution is 0.0816. The van der Waals surface area contributed by atoms with E-state index in [1.807, 2.05) is 38.1 Å². The van der Waals surface area contributed by atoms with Gasteiger partial charge in [0.2, 0.25) is 0 Å². The first kappa shape index (κ1) is 23.9. The highest BCUT2D eigenvalue weighted by atomic mass is 32.2. The van der Waals surface area contributed by atoms with Crippen molar-refractivity contribution in [2.75, 3.05) is 0 Å². The van der Waals surface area contributed by atoms with Crippen molar-refractivity contribution in [1.29, 1.82) is 0 Å². The average Bonchev–Trinajstić information content (AvgIpc) is 3.24. The molecule has 0 aromatic heterocycles. The fourth-order valence-corrected chi connectivity index (χ4v) is 4.49. The predicted octanol–water partition coefficient (Wildman–Crippen LogP) is 4.55. The van der Waals surface area contributed by atoms with Crippen LogP contribution in [-0.4, -0.2) is 25.8 Å². The zero-order valence-electron chi connectivity index (χ0n) is 17.8. The SMILES string of the molecule is CCC=CC(=CC(O)(CC)CC)C1(NCc2ccc(CO)c(CO)c2)CC=CS1. The number of benzene rings is 1. The molecule has 0 spiro atoms. The highest BCUT2D eigenvalue weighted by molar-refractivity contribution is 8.03. The smallest absolute Gasteiger partial charge is 0.0977 e. The summed E-state index contributed by atoms with van der Waals surface area (Å²) in [5.74, 6) is 0. The molecule has 0 fully saturated rings. The lowest BCUT2D eigenvalue weighted by atomic mass is 9.90. The van der Waals surface area contributed by atoms with Crippen LogP contribution < -0.4 is 5.32 Å². The Morgan fingerprint density at radius 3 is 2.45 bits per heavy atom. The molecule has 1 heterocycles. The van der Waals surface area contributed by atoms with E-state index in [0.29, 0.717) is 19.4 Å². The second-order valence-electron chi connectivity index (χ2n) is 7.51. The van der Waals surface area contributed by atoms with Gasteiger partial charge in [-0.2, -0.15) is 0 Å². The van der Waals surface area contributed by atoms with Crippen LogP contribution in [0.4, 0.5) is 0 Å². The molecule has 0 aliphatic carbocycles. The first-order valence-corrected chi connectivity index (χ1v) is 11.4. The van der Waals surface area contributed by atoms with Crippen LogP contribution in [-0.2, 0) is 19.8 Å². The summed E-state index contributed by atoms with van der Waals surface area (Å²) >= 11 is 1.74. The first-order chi connectivity index (χ1) is 14.0. The Balaban J connectivity index is 2.33. The molecule has 1 atom stereocenters. The van der Waals surface area contributed by atoms with E-state index in [4.69, 9.17) is 0 Å². The molecular weight excluding hydrogens is 382 g/mol. The van der Waals surface area contributed by atoms with Crippen molar-refractivity contribution >= 4 is 11.8 Å². The molecule has 0 radical (unpaired) electrons. The van der Waals surface area contributed by atoms with Gasteiger partial charge in [-0.15, -0.1) is 11.8 Å². The minimum Gasteiger partial charge on any atom is -0.392 e. The zero-order chi connectivity index (χ0) is 21.3. The van der Waals surface area contributed by atoms with Crippen molar-refractivity contribution in [1.82, 2.24) is 5.32 Å². The summed E-state index contributed by atoms with van der Waals surface area (Å²) < 4.78 is 0. The quantitative estimate of drug-likeness (QED) is 0.398. The molecule has 1 aliphatic rings. The third-order valence-electron chi connectivity index (χ3n) is 5.61. The van der Waals surface area contributed by atoms with Crippen LogP contribution in [0.3, 0.4) is 0 Å². The number of hydrogen-bond donors (Lipinski definition) is 4. The van der Waals surface area contributed by atoms with Crippen LogP contribution >= 0.6 is 11.8 Å². The van der Waals surface area contributed by atoms with E-state index in [0.717, 1.165) is 35.1 Å². The van der Waals surface area contributed by atoms with E-state index >= 15 is 0 Å². The summed E-state index contributed by atoms with van der Waals surface area (Å²) in [4.78, 5) is -0.334. The fourth-order valence-electron chi connectivity index (χ4n) is 3.45. The van der Waals surface area contributed by atoms with Crippen LogP contribution in [0.2, 0.25) is 0 Å². The standard InChI is InChI=1S/C24H35NO3S/c1-4-7-9-22(15-23(28,5-2)6-3)24(12-8-13-29-24)25-16-19-10-11-20(17-26)21(14-19)18-27/h7-11,13-15,25-28H,4-6,12,16-18H2,1-3H3. The second-order valence-corrected chi connectivity index (χ2v) is 8.72. The Morgan fingerprint density at radius 2 is 1.90 bits per heavy atom. The lowest BCUT2D eigenvalue weighted by Gasteiger charge is -2.34. The monoisotopic (exact) mass is 417 g/mol. The van der Waals surface area contributed by atoms with E-state index in [9.17, 15) is 15.3 Å². The van der Waals surface area contributed by atoms with Gasteiger partial charge in [-0.25, -0.2) is 0 Å². The predicted molar refractivity (Wildman–Crippen MR) is 122 cm³/mol. The van der Waals surface area contributed by atoms with Crippen molar-refractivity contribution in [2.45, 2.75) is 76.7 Å². The van der Waals surface area contributed by atoms with Crippen molar-refractivity contribution in [2.24, 2.45) is 0 Å². The number of hydrogen-bond acceptors (Lipinski definition) is 5. The molecule has 5 heteroatoms. The topological polar surface area (TPSA) is 72.7 Å². The molecule has 1 unspecified atom stereocenters. The van der Waals surface area contributed by atoms with E-state index in [1.165, 1.54) is 0 Å². The summed E-state index contributed by atoms with van der Waals surface area (Å²) in [6.45, 7) is 6.60. The highest BCUT2D eigenvalue weighted by Crippen LogP contribution is 2.42. The van der Waals surface area contributed by atoms with Gasteiger partial charge in [-0.3, -0.25) is 5.32 Å². The van der Waals surface area contributed by atoms with Gasteiger partial charge in [0.05, 0.1) is 23.7 Å². The van der Waals surface area contributed by atoms with Crippen molar-refractivity contribution in [3.05, 3.63) is 70.2 Å². The number of nitrogens with one attached hydrogen (secondary N) is 1. The molecule has 1 aromatic carbocycles. The Bertz CT molecular complexity index is 742. The van der Waals surface area contributed by atoms with E-state index in [-0.39, 0.29) is 18.1 Å². The van der Waals surface area contributed by atoms with Crippen molar-refractivity contribution < 1.29 is 15.3 Å². The molecule has 0 saturated carbocycles. The Kier molecular flexibility index (Phi) is 9.18. The molecule has 1 aromatic rings. The molecule has 2 rings (SSSR count). The molecule has 160 valence electrons. The average molecular weight is 418 g/mol. The van der Waals surface area contributed by atoms with Gasteiger partial charge in [0.1, 0.15) is 0 Å². The van der Waals surface area contributed by atoms with Gasteiger partial charge in [0.25, 0.3) is 0 Å². The maximum absolute atomic E-state index is 11.0. The molecule has 0 saturated heterocycles. The van der Waals surface area contributed by atoms with E-state index in [1.54, 1.807) is 11.8 Å². The number of allylic oxidation sites excluding steroid dienone is 1. The van der Waals surface area contributed by atoms with Gasteiger partial charge in [-0.05, 0) is 59.4 Å². The maximum atomic E-state index is 11.0. The van der Waals surface area contributed by atoms with Crippen LogP contribution in [0.15, 0.2) is 53.5 Å². The molecule has 0 amide bonds. The minimum atomic E-state index is -0.821. The largest absolute Gasteiger partial charge is 0.392 e. The van der Waals surface area contributed by atoms with Gasteiger partial charge in [-0.1, -0.05) is 57.2 Å². The molecule has 0 bridgehead atoms. The molecular formula is C24H35NO3S. The lowest BCUT2D eigenvalue weighted by Crippen LogP contribution is -2.42. The third kappa shape index (κ3) is 6.06. The highest BCUT2D eigenvalue weighted by Gasteiger charge is 2.36. The first-order valence-electron chi connectivity index (χ1n) is 10.5. The zero-order valence-corrected chi connectivity index (χ0v) is 18.6. The maximum Gasteiger partial charge on any atom is 0.0977 e. The van der Waals surface area contributed by atoms with Crippen LogP contribution in [0.25, 0.3) is 0 Å². The Hall–Kier alpha value is -1.37. The molecule has 29 heavy (non-hydrogen) atoms. The summed E-state index contributed by atoms with van der Waals surface area (Å²) in [6, 6.07) is 5.80. The summed E-state index contributed by atoms with van der Waals surface area (Å²) in [6.07, 6.45) is 11.6. The summed E-state index contributed by atoms with van der Waals surface area (Å²) in [5, 5.41) is 35.8. The number of aliphatic hydroxyl groups excluding tert-OH is 2. The number of rotatable bonds is 11. The fraction of sp³-hybridized carbons (Fsp3) is 0.500. The number of aliphatic hydroxyl groups is 3. The third-order valence-corrected chi connectivity index (χ3v) is 6.89. The summed E-state index contributed by atoms with van der Waals surface area (Å²) in [5.41, 5.74) is 2.84. The number of thioether (sulfide) groups is 1. The van der Waals surface area contributed by atoms with Crippen molar-refractivity contribution in [3.63, 3.8) is 0 Å². The van der Waals surface area contributed by atoms with Gasteiger partial charge in [0.15, 0.2) is 0 Å². The van der Waals surface area contributed by atoms with Crippen LogP contribution in [0.5, 0.6) is 0 Å². The minimum absolute atomic E-state index is 0.0748. The molecule has 4 nitrogen and oxygen atoms in total. The molecule has 1 aliphatic heterocycles. The van der Waals surface area contributed by atoms with Crippen LogP contribution in [0.1, 0.15) is 63.1 Å².